The van der Waals surface area contributed by atoms with Crippen molar-refractivity contribution >= 4 is 23.2 Å². The van der Waals surface area contributed by atoms with Crippen molar-refractivity contribution in [1.82, 2.24) is 19.9 Å². The average Bonchev–Trinajstić information content (AvgIpc) is 3.14. The highest BCUT2D eigenvalue weighted by atomic mass is 35.5. The molecule has 176 valence electrons. The van der Waals surface area contributed by atoms with Crippen molar-refractivity contribution in [2.75, 3.05) is 14.2 Å². The molecule has 0 radical (unpaired) electrons. The van der Waals surface area contributed by atoms with Crippen LogP contribution in [-0.4, -0.2) is 40.8 Å². The van der Waals surface area contributed by atoms with E-state index < -0.39 is 17.8 Å². The van der Waals surface area contributed by atoms with Gasteiger partial charge in [-0.15, -0.1) is 0 Å². The summed E-state index contributed by atoms with van der Waals surface area (Å²) >= 11 is 6.34. The minimum absolute atomic E-state index is 0.00295. The highest BCUT2D eigenvalue weighted by molar-refractivity contribution is 6.36. The van der Waals surface area contributed by atoms with Gasteiger partial charge in [0.05, 0.1) is 19.9 Å². The van der Waals surface area contributed by atoms with Gasteiger partial charge in [-0.3, -0.25) is 4.79 Å². The third-order valence-electron chi connectivity index (χ3n) is 5.66. The molecule has 1 N–H and O–H groups in total. The lowest BCUT2D eigenvalue weighted by molar-refractivity contribution is -0.142. The molecule has 1 aliphatic carbocycles. The van der Waals surface area contributed by atoms with Crippen molar-refractivity contribution in [1.29, 1.82) is 0 Å². The molecule has 4 rings (SSSR count). The molecule has 2 aromatic heterocycles. The molecule has 0 spiro atoms. The van der Waals surface area contributed by atoms with E-state index in [1.165, 1.54) is 20.3 Å². The number of alkyl halides is 3. The molecule has 2 heterocycles. The van der Waals surface area contributed by atoms with Crippen LogP contribution in [0.4, 0.5) is 13.2 Å². The molecule has 1 aromatic carbocycles. The molecule has 0 aliphatic heterocycles. The molecule has 7 nitrogen and oxygen atoms in total. The Hall–Kier alpha value is -3.01. The van der Waals surface area contributed by atoms with Gasteiger partial charge in [0, 0.05) is 11.6 Å². The molecule has 1 saturated carbocycles. The van der Waals surface area contributed by atoms with E-state index in [9.17, 15) is 18.0 Å². The topological polar surface area (TPSA) is 77.8 Å². The van der Waals surface area contributed by atoms with Gasteiger partial charge in [0.25, 0.3) is 5.91 Å². The monoisotopic (exact) mass is 482 g/mol. The zero-order valence-corrected chi connectivity index (χ0v) is 18.8. The van der Waals surface area contributed by atoms with Crippen LogP contribution in [0.3, 0.4) is 0 Å². The van der Waals surface area contributed by atoms with Crippen molar-refractivity contribution in [2.45, 2.75) is 44.3 Å². The number of ether oxygens (including phenoxy) is 2. The number of carbonyl (C=O) groups excluding carboxylic acids is 1. The summed E-state index contributed by atoms with van der Waals surface area (Å²) in [6.07, 6.45) is -0.0761. The summed E-state index contributed by atoms with van der Waals surface area (Å²) in [5.41, 5.74) is -1.30. The molecule has 1 amide bonds. The first kappa shape index (κ1) is 23.2. The molecule has 0 saturated heterocycles. The van der Waals surface area contributed by atoms with Crippen LogP contribution >= 0.6 is 11.6 Å². The molecule has 3 aromatic rings. The zero-order valence-electron chi connectivity index (χ0n) is 18.0. The van der Waals surface area contributed by atoms with Gasteiger partial charge in [-0.05, 0) is 37.1 Å². The Morgan fingerprint density at radius 1 is 1.12 bits per heavy atom. The molecular weight excluding hydrogens is 461 g/mol. The Bertz CT molecular complexity index is 1190. The number of aromatic nitrogens is 3. The normalized spacial score (nSPS) is 15.0. The number of nitrogens with one attached hydrogen (secondary N) is 1. The maximum Gasteiger partial charge on any atom is 0.433 e. The van der Waals surface area contributed by atoms with Gasteiger partial charge in [-0.25, -0.2) is 9.50 Å². The Morgan fingerprint density at radius 2 is 1.82 bits per heavy atom. The lowest BCUT2D eigenvalue weighted by atomic mass is 9.95. The first-order chi connectivity index (χ1) is 15.7. The quantitative estimate of drug-likeness (QED) is 0.544. The zero-order chi connectivity index (χ0) is 23.8. The summed E-state index contributed by atoms with van der Waals surface area (Å²) in [5, 5.41) is 6.48. The third-order valence-corrected chi connectivity index (χ3v) is 6.01. The highest BCUT2D eigenvalue weighted by Crippen LogP contribution is 2.37. The standard InChI is InChI=1S/C22H22ClF3N4O3/c1-32-15-9-8-12(10-16(15)33-2)14-11-17(22(24,25)26)30-20(28-14)18(23)19(29-30)21(31)27-13-6-4-3-5-7-13/h8-11,13H,3-7H2,1-2H3,(H,27,31). The van der Waals surface area contributed by atoms with E-state index in [-0.39, 0.29) is 28.1 Å². The number of hydrogen-bond donors (Lipinski definition) is 1. The van der Waals surface area contributed by atoms with Crippen LogP contribution in [0.1, 0.15) is 48.3 Å². The van der Waals surface area contributed by atoms with Crippen molar-refractivity contribution in [2.24, 2.45) is 0 Å². The minimum atomic E-state index is -4.76. The lowest BCUT2D eigenvalue weighted by Crippen LogP contribution is -2.36. The summed E-state index contributed by atoms with van der Waals surface area (Å²) in [6.45, 7) is 0. The van der Waals surface area contributed by atoms with Crippen LogP contribution in [0.2, 0.25) is 5.02 Å². The number of hydrogen-bond acceptors (Lipinski definition) is 5. The van der Waals surface area contributed by atoms with E-state index >= 15 is 0 Å². The van der Waals surface area contributed by atoms with Gasteiger partial charge in [0.15, 0.2) is 28.5 Å². The SMILES string of the molecule is COc1ccc(-c2cc(C(F)(F)F)n3nc(C(=O)NC4CCCCC4)c(Cl)c3n2)cc1OC. The van der Waals surface area contributed by atoms with Crippen LogP contribution in [0.15, 0.2) is 24.3 Å². The summed E-state index contributed by atoms with van der Waals surface area (Å²) in [4.78, 5) is 17.1. The fourth-order valence-corrected chi connectivity index (χ4v) is 4.23. The van der Waals surface area contributed by atoms with Crippen molar-refractivity contribution in [3.63, 3.8) is 0 Å². The number of halogens is 4. The maximum absolute atomic E-state index is 13.9. The Balaban J connectivity index is 1.81. The van der Waals surface area contributed by atoms with Gasteiger partial charge >= 0.3 is 6.18 Å². The smallest absolute Gasteiger partial charge is 0.433 e. The summed E-state index contributed by atoms with van der Waals surface area (Å²) < 4.78 is 52.7. The molecule has 0 atom stereocenters. The predicted molar refractivity (Wildman–Crippen MR) is 116 cm³/mol. The van der Waals surface area contributed by atoms with Crippen molar-refractivity contribution in [3.05, 3.63) is 40.7 Å². The highest BCUT2D eigenvalue weighted by Gasteiger charge is 2.37. The van der Waals surface area contributed by atoms with Crippen LogP contribution in [0.5, 0.6) is 11.5 Å². The van der Waals surface area contributed by atoms with E-state index in [0.29, 0.717) is 21.6 Å². The van der Waals surface area contributed by atoms with Gasteiger partial charge < -0.3 is 14.8 Å². The first-order valence-corrected chi connectivity index (χ1v) is 10.8. The van der Waals surface area contributed by atoms with E-state index in [1.807, 2.05) is 0 Å². The van der Waals surface area contributed by atoms with Crippen molar-refractivity contribution in [3.8, 4) is 22.8 Å². The van der Waals surface area contributed by atoms with E-state index in [2.05, 4.69) is 15.4 Å². The number of nitrogens with zero attached hydrogens (tertiary/aromatic N) is 3. The predicted octanol–water partition coefficient (Wildman–Crippen LogP) is 5.15. The molecular formula is C22H22ClF3N4O3. The minimum Gasteiger partial charge on any atom is -0.493 e. The average molecular weight is 483 g/mol. The fourth-order valence-electron chi connectivity index (χ4n) is 3.98. The van der Waals surface area contributed by atoms with Crippen LogP contribution < -0.4 is 14.8 Å². The Labute approximate surface area is 192 Å². The molecule has 33 heavy (non-hydrogen) atoms. The lowest BCUT2D eigenvalue weighted by Gasteiger charge is -2.22. The second kappa shape index (κ2) is 9.09. The fraction of sp³-hybridized carbons (Fsp3) is 0.409. The van der Waals surface area contributed by atoms with Gasteiger partial charge in [-0.1, -0.05) is 30.9 Å². The second-order valence-electron chi connectivity index (χ2n) is 7.80. The molecule has 0 unspecified atom stereocenters. The van der Waals surface area contributed by atoms with Crippen LogP contribution in [0, 0.1) is 0 Å². The Morgan fingerprint density at radius 3 is 2.45 bits per heavy atom. The summed E-state index contributed by atoms with van der Waals surface area (Å²) in [6, 6.07) is 5.44. The maximum atomic E-state index is 13.9. The number of benzene rings is 1. The van der Waals surface area contributed by atoms with E-state index in [4.69, 9.17) is 21.1 Å². The summed E-state index contributed by atoms with van der Waals surface area (Å²) in [7, 11) is 2.87. The number of methoxy groups -OCH3 is 2. The van der Waals surface area contributed by atoms with Gasteiger partial charge in [0.1, 0.15) is 5.02 Å². The molecule has 0 bridgehead atoms. The number of rotatable bonds is 5. The van der Waals surface area contributed by atoms with Crippen LogP contribution in [-0.2, 0) is 6.18 Å². The molecule has 1 fully saturated rings. The van der Waals surface area contributed by atoms with Crippen molar-refractivity contribution < 1.29 is 27.4 Å². The van der Waals surface area contributed by atoms with E-state index in [0.717, 1.165) is 38.2 Å². The number of amides is 1. The van der Waals surface area contributed by atoms with E-state index in [1.54, 1.807) is 12.1 Å². The molecule has 1 aliphatic rings. The van der Waals surface area contributed by atoms with Gasteiger partial charge in [-0.2, -0.15) is 18.3 Å². The van der Waals surface area contributed by atoms with Crippen LogP contribution in [0.25, 0.3) is 16.9 Å². The summed E-state index contributed by atoms with van der Waals surface area (Å²) in [5.74, 6) is 0.137. The third kappa shape index (κ3) is 4.57. The second-order valence-corrected chi connectivity index (χ2v) is 8.18. The number of fused-ring (bicyclic) bond motifs is 1. The van der Waals surface area contributed by atoms with Gasteiger partial charge in [0.2, 0.25) is 0 Å². The number of carbonyl (C=O) groups is 1. The Kier molecular flexibility index (Phi) is 6.38. The first-order valence-electron chi connectivity index (χ1n) is 10.4. The largest absolute Gasteiger partial charge is 0.493 e. The molecule has 11 heteroatoms.